The first-order valence-corrected chi connectivity index (χ1v) is 10.8. The number of rotatable bonds is 6. The number of amides is 2. The standard InChI is InChI=1S/C23H20Cl2N2O2S/c1-14-5-6-16(10-15(14)2)22(28)27-21(12-19-4-3-9-30-19)23(29)26-13-17-7-8-18(24)11-20(17)25/h3-12H,13H2,1-2H3,(H,26,29)(H,27,28)/b21-12-. The molecule has 7 heteroatoms. The number of carbonyl (C=O) groups excluding carboxylic acids is 2. The van der Waals surface area contributed by atoms with E-state index >= 15 is 0 Å². The number of hydrogen-bond donors (Lipinski definition) is 2. The minimum absolute atomic E-state index is 0.158. The summed E-state index contributed by atoms with van der Waals surface area (Å²) in [5, 5.41) is 8.43. The molecule has 4 nitrogen and oxygen atoms in total. The number of thiophene rings is 1. The lowest BCUT2D eigenvalue weighted by molar-refractivity contribution is -0.117. The van der Waals surface area contributed by atoms with Gasteiger partial charge in [-0.05, 0) is 72.3 Å². The molecule has 154 valence electrons. The van der Waals surface area contributed by atoms with Crippen molar-refractivity contribution >= 4 is 52.4 Å². The Morgan fingerprint density at radius 3 is 2.50 bits per heavy atom. The van der Waals surface area contributed by atoms with Gasteiger partial charge in [0.2, 0.25) is 0 Å². The highest BCUT2D eigenvalue weighted by molar-refractivity contribution is 7.10. The summed E-state index contributed by atoms with van der Waals surface area (Å²) < 4.78 is 0. The Morgan fingerprint density at radius 1 is 1.03 bits per heavy atom. The molecule has 0 unspecified atom stereocenters. The van der Waals surface area contributed by atoms with Gasteiger partial charge < -0.3 is 10.6 Å². The Kier molecular flexibility index (Phi) is 7.32. The smallest absolute Gasteiger partial charge is 0.268 e. The van der Waals surface area contributed by atoms with Crippen molar-refractivity contribution in [3.63, 3.8) is 0 Å². The van der Waals surface area contributed by atoms with Crippen molar-refractivity contribution in [2.45, 2.75) is 20.4 Å². The Bertz CT molecular complexity index is 1110. The lowest BCUT2D eigenvalue weighted by Crippen LogP contribution is -2.34. The van der Waals surface area contributed by atoms with Gasteiger partial charge in [-0.25, -0.2) is 0 Å². The summed E-state index contributed by atoms with van der Waals surface area (Å²) in [6.45, 7) is 4.13. The van der Waals surface area contributed by atoms with Crippen molar-refractivity contribution in [3.05, 3.63) is 96.8 Å². The molecule has 0 bridgehead atoms. The van der Waals surface area contributed by atoms with Crippen LogP contribution in [0.1, 0.15) is 31.9 Å². The van der Waals surface area contributed by atoms with Crippen molar-refractivity contribution < 1.29 is 9.59 Å². The summed E-state index contributed by atoms with van der Waals surface area (Å²) in [7, 11) is 0. The minimum atomic E-state index is -0.411. The fourth-order valence-corrected chi connectivity index (χ4v) is 3.82. The van der Waals surface area contributed by atoms with Gasteiger partial charge in [0.15, 0.2) is 0 Å². The maximum atomic E-state index is 12.9. The highest BCUT2D eigenvalue weighted by atomic mass is 35.5. The van der Waals surface area contributed by atoms with Crippen molar-refractivity contribution in [1.82, 2.24) is 10.6 Å². The fraction of sp³-hybridized carbons (Fsp3) is 0.130. The fourth-order valence-electron chi connectivity index (χ4n) is 2.69. The zero-order valence-corrected chi connectivity index (χ0v) is 18.8. The summed E-state index contributed by atoms with van der Waals surface area (Å²) in [6, 6.07) is 14.3. The van der Waals surface area contributed by atoms with E-state index in [1.807, 2.05) is 37.4 Å². The first-order chi connectivity index (χ1) is 14.3. The van der Waals surface area contributed by atoms with Crippen LogP contribution in [0.3, 0.4) is 0 Å². The van der Waals surface area contributed by atoms with E-state index in [0.29, 0.717) is 15.6 Å². The maximum Gasteiger partial charge on any atom is 0.268 e. The van der Waals surface area contributed by atoms with Crippen LogP contribution < -0.4 is 10.6 Å². The van der Waals surface area contributed by atoms with Gasteiger partial charge in [0.05, 0.1) is 0 Å². The molecule has 30 heavy (non-hydrogen) atoms. The SMILES string of the molecule is Cc1ccc(C(=O)N/C(=C\c2cccs2)C(=O)NCc2ccc(Cl)cc2Cl)cc1C. The number of carbonyl (C=O) groups is 2. The third kappa shape index (κ3) is 5.72. The average molecular weight is 459 g/mol. The summed E-state index contributed by atoms with van der Waals surface area (Å²) in [4.78, 5) is 26.5. The van der Waals surface area contributed by atoms with E-state index in [-0.39, 0.29) is 18.1 Å². The predicted molar refractivity (Wildman–Crippen MR) is 124 cm³/mol. The Balaban J connectivity index is 1.79. The lowest BCUT2D eigenvalue weighted by atomic mass is 10.1. The molecule has 2 aromatic carbocycles. The van der Waals surface area contributed by atoms with Gasteiger partial charge >= 0.3 is 0 Å². The lowest BCUT2D eigenvalue weighted by Gasteiger charge is -2.12. The van der Waals surface area contributed by atoms with Gasteiger partial charge in [0, 0.05) is 27.0 Å². The summed E-state index contributed by atoms with van der Waals surface area (Å²) in [5.41, 5.74) is 3.48. The van der Waals surface area contributed by atoms with Gasteiger partial charge in [0.25, 0.3) is 11.8 Å². The first kappa shape index (κ1) is 22.1. The monoisotopic (exact) mass is 458 g/mol. The summed E-state index contributed by atoms with van der Waals surface area (Å²) >= 11 is 13.6. The third-order valence-electron chi connectivity index (χ3n) is 4.55. The molecule has 3 rings (SSSR count). The van der Waals surface area contributed by atoms with Crippen LogP contribution in [0.5, 0.6) is 0 Å². The second-order valence-electron chi connectivity index (χ2n) is 6.75. The zero-order chi connectivity index (χ0) is 21.7. The molecule has 0 spiro atoms. The molecule has 0 radical (unpaired) electrons. The molecule has 3 aromatic rings. The molecule has 0 atom stereocenters. The van der Waals surface area contributed by atoms with E-state index in [9.17, 15) is 9.59 Å². The van der Waals surface area contributed by atoms with Gasteiger partial charge in [-0.1, -0.05) is 41.4 Å². The summed E-state index contributed by atoms with van der Waals surface area (Å²) in [5.74, 6) is -0.757. The molecule has 0 aliphatic rings. The van der Waals surface area contributed by atoms with Crippen molar-refractivity contribution in [2.24, 2.45) is 0 Å². The zero-order valence-electron chi connectivity index (χ0n) is 16.5. The number of benzene rings is 2. The highest BCUT2D eigenvalue weighted by Crippen LogP contribution is 2.21. The van der Waals surface area contributed by atoms with Crippen LogP contribution in [0.15, 0.2) is 59.6 Å². The quantitative estimate of drug-likeness (QED) is 0.461. The maximum absolute atomic E-state index is 12.9. The topological polar surface area (TPSA) is 58.2 Å². The molecule has 0 saturated carbocycles. The van der Waals surface area contributed by atoms with Gasteiger partial charge in [0.1, 0.15) is 5.70 Å². The van der Waals surface area contributed by atoms with E-state index in [1.54, 1.807) is 36.4 Å². The number of halogens is 2. The van der Waals surface area contributed by atoms with Gasteiger partial charge in [-0.2, -0.15) is 0 Å². The molecular formula is C23H20Cl2N2O2S. The van der Waals surface area contributed by atoms with Crippen LogP contribution in [-0.4, -0.2) is 11.8 Å². The minimum Gasteiger partial charge on any atom is -0.347 e. The van der Waals surface area contributed by atoms with Crippen LogP contribution in [0.2, 0.25) is 10.0 Å². The number of nitrogens with one attached hydrogen (secondary N) is 2. The number of hydrogen-bond acceptors (Lipinski definition) is 3. The highest BCUT2D eigenvalue weighted by Gasteiger charge is 2.16. The van der Waals surface area contributed by atoms with Crippen molar-refractivity contribution in [2.75, 3.05) is 0 Å². The largest absolute Gasteiger partial charge is 0.347 e. The molecule has 0 fully saturated rings. The number of aryl methyl sites for hydroxylation is 2. The second-order valence-corrected chi connectivity index (χ2v) is 8.57. The van der Waals surface area contributed by atoms with E-state index < -0.39 is 5.91 Å². The molecule has 2 amide bonds. The molecule has 0 aliphatic carbocycles. The van der Waals surface area contributed by atoms with Gasteiger partial charge in [-0.15, -0.1) is 11.3 Å². The van der Waals surface area contributed by atoms with Crippen LogP contribution in [0.4, 0.5) is 0 Å². The third-order valence-corrected chi connectivity index (χ3v) is 5.95. The molecule has 1 aromatic heterocycles. The van der Waals surface area contributed by atoms with E-state index in [1.165, 1.54) is 11.3 Å². The molecular weight excluding hydrogens is 439 g/mol. The van der Waals surface area contributed by atoms with E-state index in [0.717, 1.165) is 21.6 Å². The molecule has 2 N–H and O–H groups in total. The van der Waals surface area contributed by atoms with E-state index in [2.05, 4.69) is 10.6 Å². The van der Waals surface area contributed by atoms with Crippen LogP contribution in [0, 0.1) is 13.8 Å². The summed E-state index contributed by atoms with van der Waals surface area (Å²) in [6.07, 6.45) is 1.66. The Labute approximate surface area is 189 Å². The van der Waals surface area contributed by atoms with Crippen LogP contribution in [-0.2, 0) is 11.3 Å². The molecule has 0 aliphatic heterocycles. The Hall–Kier alpha value is -2.60. The van der Waals surface area contributed by atoms with Gasteiger partial charge in [-0.3, -0.25) is 9.59 Å². The Morgan fingerprint density at radius 2 is 1.83 bits per heavy atom. The van der Waals surface area contributed by atoms with Crippen LogP contribution in [0.25, 0.3) is 6.08 Å². The van der Waals surface area contributed by atoms with Crippen molar-refractivity contribution in [3.8, 4) is 0 Å². The molecule has 1 heterocycles. The average Bonchev–Trinajstić information content (AvgIpc) is 3.21. The van der Waals surface area contributed by atoms with E-state index in [4.69, 9.17) is 23.2 Å². The second kappa shape index (κ2) is 9.94. The predicted octanol–water partition coefficient (Wildman–Crippen LogP) is 5.76. The first-order valence-electron chi connectivity index (χ1n) is 9.19. The molecule has 0 saturated heterocycles. The van der Waals surface area contributed by atoms with Crippen molar-refractivity contribution in [1.29, 1.82) is 0 Å². The normalized spacial score (nSPS) is 11.3. The van der Waals surface area contributed by atoms with Crippen LogP contribution >= 0.6 is 34.5 Å².